The van der Waals surface area contributed by atoms with Gasteiger partial charge in [-0.2, -0.15) is 0 Å². The van der Waals surface area contributed by atoms with Gasteiger partial charge in [-0.05, 0) is 32.6 Å². The molecule has 0 bridgehead atoms. The molecule has 4 atom stereocenters. The van der Waals surface area contributed by atoms with Gasteiger partial charge in [0.25, 0.3) is 0 Å². The van der Waals surface area contributed by atoms with Gasteiger partial charge in [-0.25, -0.2) is 0 Å². The molecule has 0 aromatic carbocycles. The molecule has 3 nitrogen and oxygen atoms in total. The van der Waals surface area contributed by atoms with E-state index in [0.717, 1.165) is 18.3 Å². The van der Waals surface area contributed by atoms with Gasteiger partial charge in [0.05, 0.1) is 18.1 Å². The summed E-state index contributed by atoms with van der Waals surface area (Å²) in [6.07, 6.45) is 4.95. The lowest BCUT2D eigenvalue weighted by Crippen LogP contribution is -2.37. The highest BCUT2D eigenvalue weighted by molar-refractivity contribution is 9.09. The van der Waals surface area contributed by atoms with Crippen molar-refractivity contribution >= 4 is 21.8 Å². The van der Waals surface area contributed by atoms with Crippen molar-refractivity contribution in [2.75, 3.05) is 11.9 Å². The summed E-state index contributed by atoms with van der Waals surface area (Å²) >= 11 is 3.42. The fraction of sp³-hybridized carbons (Fsp3) is 0.929. The smallest absolute Gasteiger partial charge is 0.226 e. The topological polar surface area (TPSA) is 38.3 Å². The van der Waals surface area contributed by atoms with Gasteiger partial charge in [0, 0.05) is 11.9 Å². The normalized spacial score (nSPS) is 31.6. The number of carbonyl (C=O) groups is 1. The van der Waals surface area contributed by atoms with Crippen LogP contribution in [0.2, 0.25) is 0 Å². The van der Waals surface area contributed by atoms with Gasteiger partial charge in [0.15, 0.2) is 0 Å². The van der Waals surface area contributed by atoms with E-state index < -0.39 is 0 Å². The van der Waals surface area contributed by atoms with E-state index in [-0.39, 0.29) is 24.0 Å². The second-order valence-electron chi connectivity index (χ2n) is 5.33. The minimum absolute atomic E-state index is 0.0162. The second kappa shape index (κ2) is 8.16. The molecule has 1 aliphatic heterocycles. The quantitative estimate of drug-likeness (QED) is 0.578. The molecule has 0 aromatic rings. The highest BCUT2D eigenvalue weighted by atomic mass is 79.9. The number of carbonyl (C=O) groups excluding carboxylic acids is 1. The Morgan fingerprint density at radius 2 is 1.78 bits per heavy atom. The lowest BCUT2D eigenvalue weighted by molar-refractivity contribution is -0.127. The molecule has 106 valence electrons. The third-order valence-electron chi connectivity index (χ3n) is 3.90. The Kier molecular flexibility index (Phi) is 7.23. The minimum atomic E-state index is 0.0162. The summed E-state index contributed by atoms with van der Waals surface area (Å²) in [5.74, 6) is 0.496. The molecule has 18 heavy (non-hydrogen) atoms. The van der Waals surface area contributed by atoms with E-state index in [1.54, 1.807) is 0 Å². The molecular formula is C14H26BrNO2. The molecule has 0 saturated carbocycles. The molecule has 1 amide bonds. The molecule has 1 heterocycles. The second-order valence-corrected chi connectivity index (χ2v) is 6.12. The summed E-state index contributed by atoms with van der Waals surface area (Å²) < 4.78 is 5.70. The first-order chi connectivity index (χ1) is 8.57. The number of halogens is 1. The number of amides is 1. The van der Waals surface area contributed by atoms with Crippen molar-refractivity contribution in [1.29, 1.82) is 0 Å². The van der Waals surface area contributed by atoms with Crippen LogP contribution in [0.3, 0.4) is 0 Å². The summed E-state index contributed by atoms with van der Waals surface area (Å²) in [6, 6.07) is 0. The van der Waals surface area contributed by atoms with Gasteiger partial charge >= 0.3 is 0 Å². The maximum Gasteiger partial charge on any atom is 0.226 e. The molecule has 1 N–H and O–H groups in total. The number of ether oxygens (including phenoxy) is 1. The molecule has 1 aliphatic rings. The number of alkyl halides is 1. The molecule has 0 radical (unpaired) electrons. The van der Waals surface area contributed by atoms with Crippen molar-refractivity contribution in [3.63, 3.8) is 0 Å². The zero-order chi connectivity index (χ0) is 13.5. The Labute approximate surface area is 119 Å². The molecule has 0 aliphatic carbocycles. The van der Waals surface area contributed by atoms with Gasteiger partial charge in [-0.1, -0.05) is 35.7 Å². The van der Waals surface area contributed by atoms with Gasteiger partial charge < -0.3 is 10.1 Å². The fourth-order valence-electron chi connectivity index (χ4n) is 2.62. The predicted molar refractivity (Wildman–Crippen MR) is 77.9 cm³/mol. The maximum absolute atomic E-state index is 12.1. The predicted octanol–water partition coefficient (Wildman–Crippen LogP) is 3.12. The Hall–Kier alpha value is -0.0900. The summed E-state index contributed by atoms with van der Waals surface area (Å²) in [5.41, 5.74) is 0. The van der Waals surface area contributed by atoms with Crippen LogP contribution in [0.4, 0.5) is 0 Å². The van der Waals surface area contributed by atoms with Crippen molar-refractivity contribution in [2.45, 2.75) is 58.7 Å². The van der Waals surface area contributed by atoms with E-state index in [1.807, 2.05) is 6.92 Å². The van der Waals surface area contributed by atoms with Crippen molar-refractivity contribution in [1.82, 2.24) is 5.32 Å². The number of nitrogens with one attached hydrogen (secondary N) is 1. The van der Waals surface area contributed by atoms with E-state index in [0.29, 0.717) is 5.92 Å². The summed E-state index contributed by atoms with van der Waals surface area (Å²) in [6.45, 7) is 6.95. The number of rotatable bonds is 7. The molecule has 0 spiro atoms. The minimum Gasteiger partial charge on any atom is -0.374 e. The van der Waals surface area contributed by atoms with Gasteiger partial charge in [-0.15, -0.1) is 0 Å². The van der Waals surface area contributed by atoms with Crippen LogP contribution < -0.4 is 5.32 Å². The van der Waals surface area contributed by atoms with E-state index in [1.165, 1.54) is 19.3 Å². The van der Waals surface area contributed by atoms with Gasteiger partial charge in [-0.3, -0.25) is 4.79 Å². The highest BCUT2D eigenvalue weighted by Gasteiger charge is 2.41. The average Bonchev–Trinajstić information content (AvgIpc) is 2.58. The molecular weight excluding hydrogens is 294 g/mol. The van der Waals surface area contributed by atoms with Crippen LogP contribution in [0.15, 0.2) is 0 Å². The zero-order valence-electron chi connectivity index (χ0n) is 11.7. The molecule has 0 aromatic heterocycles. The number of unbranched alkanes of at least 4 members (excludes halogenated alkanes) is 3. The van der Waals surface area contributed by atoms with Crippen molar-refractivity contribution in [2.24, 2.45) is 11.8 Å². The fourth-order valence-corrected chi connectivity index (χ4v) is 3.02. The van der Waals surface area contributed by atoms with Crippen LogP contribution in [-0.2, 0) is 9.53 Å². The largest absolute Gasteiger partial charge is 0.374 e. The highest BCUT2D eigenvalue weighted by Crippen LogP contribution is 2.32. The first kappa shape index (κ1) is 16.0. The first-order valence-corrected chi connectivity index (χ1v) is 8.19. The number of hydrogen-bond acceptors (Lipinski definition) is 2. The maximum atomic E-state index is 12.1. The SMILES string of the molecule is CC1OC(C)C(C(=O)NCCCCCCBr)C1C. The number of hydrogen-bond donors (Lipinski definition) is 1. The molecule has 1 rings (SSSR count). The van der Waals surface area contributed by atoms with E-state index in [9.17, 15) is 4.79 Å². The van der Waals surface area contributed by atoms with Crippen LogP contribution in [0.1, 0.15) is 46.5 Å². The Bertz CT molecular complexity index is 260. The molecule has 1 fully saturated rings. The molecule has 4 heteroatoms. The lowest BCUT2D eigenvalue weighted by atomic mass is 9.89. The van der Waals surface area contributed by atoms with Crippen LogP contribution in [0.25, 0.3) is 0 Å². The third kappa shape index (κ3) is 4.54. The van der Waals surface area contributed by atoms with E-state index in [2.05, 4.69) is 35.1 Å². The first-order valence-electron chi connectivity index (χ1n) is 7.07. The van der Waals surface area contributed by atoms with Crippen LogP contribution >= 0.6 is 15.9 Å². The van der Waals surface area contributed by atoms with Crippen LogP contribution in [-0.4, -0.2) is 30.0 Å². The Morgan fingerprint density at radius 3 is 2.33 bits per heavy atom. The van der Waals surface area contributed by atoms with Crippen LogP contribution in [0.5, 0.6) is 0 Å². The standard InChI is InChI=1S/C14H26BrNO2/c1-10-11(2)18-12(3)13(10)14(17)16-9-7-5-4-6-8-15/h10-13H,4-9H2,1-3H3,(H,16,17). The van der Waals surface area contributed by atoms with Crippen LogP contribution in [0, 0.1) is 11.8 Å². The van der Waals surface area contributed by atoms with Crippen molar-refractivity contribution in [3.05, 3.63) is 0 Å². The van der Waals surface area contributed by atoms with E-state index in [4.69, 9.17) is 4.74 Å². The zero-order valence-corrected chi connectivity index (χ0v) is 13.3. The van der Waals surface area contributed by atoms with Crippen molar-refractivity contribution in [3.8, 4) is 0 Å². The average molecular weight is 320 g/mol. The Balaban J connectivity index is 2.20. The summed E-state index contributed by atoms with van der Waals surface area (Å²) in [4.78, 5) is 12.1. The van der Waals surface area contributed by atoms with Gasteiger partial charge in [0.1, 0.15) is 0 Å². The van der Waals surface area contributed by atoms with Gasteiger partial charge in [0.2, 0.25) is 5.91 Å². The summed E-state index contributed by atoms with van der Waals surface area (Å²) in [5, 5.41) is 4.13. The third-order valence-corrected chi connectivity index (χ3v) is 4.47. The molecule has 4 unspecified atom stereocenters. The van der Waals surface area contributed by atoms with E-state index >= 15 is 0 Å². The molecule has 1 saturated heterocycles. The monoisotopic (exact) mass is 319 g/mol. The lowest BCUT2D eigenvalue weighted by Gasteiger charge is -2.17. The van der Waals surface area contributed by atoms with Crippen molar-refractivity contribution < 1.29 is 9.53 Å². The Morgan fingerprint density at radius 1 is 1.11 bits per heavy atom. The summed E-state index contributed by atoms with van der Waals surface area (Å²) in [7, 11) is 0.